The molecule has 120 valence electrons. The molecule has 0 spiro atoms. The van der Waals surface area contributed by atoms with Gasteiger partial charge in [0.2, 0.25) is 5.91 Å². The van der Waals surface area contributed by atoms with E-state index in [1.165, 1.54) is 6.92 Å². The van der Waals surface area contributed by atoms with Gasteiger partial charge in [0.1, 0.15) is 11.6 Å². The second-order valence-electron chi connectivity index (χ2n) is 6.32. The van der Waals surface area contributed by atoms with Crippen LogP contribution in [0.2, 0.25) is 0 Å². The smallest absolute Gasteiger partial charge is 0.410 e. The molecule has 0 aromatic carbocycles. The Labute approximate surface area is 124 Å². The summed E-state index contributed by atoms with van der Waals surface area (Å²) in [5.74, 6) is -1.58. The quantitative estimate of drug-likeness (QED) is 0.817. The molecule has 0 unspecified atom stereocenters. The van der Waals surface area contributed by atoms with Gasteiger partial charge in [-0.15, -0.1) is 0 Å². The van der Waals surface area contributed by atoms with Crippen molar-refractivity contribution in [3.63, 3.8) is 0 Å². The molecule has 0 aromatic rings. The summed E-state index contributed by atoms with van der Waals surface area (Å²) in [6.07, 6.45) is 0.667. The second-order valence-corrected chi connectivity index (χ2v) is 6.32. The number of likely N-dealkylation sites (tertiary alicyclic amines) is 1. The van der Waals surface area contributed by atoms with Gasteiger partial charge in [0.15, 0.2) is 0 Å². The fraction of sp³-hybridized carbons (Fsp3) is 0.786. The van der Waals surface area contributed by atoms with E-state index in [1.54, 1.807) is 25.7 Å². The summed E-state index contributed by atoms with van der Waals surface area (Å²) < 4.78 is 5.29. The molecule has 1 rings (SSSR count). The van der Waals surface area contributed by atoms with Crippen molar-refractivity contribution in [1.29, 1.82) is 0 Å². The highest BCUT2D eigenvalue weighted by Gasteiger charge is 2.34. The first-order valence-electron chi connectivity index (χ1n) is 7.08. The number of hydrogen-bond donors (Lipinski definition) is 2. The molecule has 1 aliphatic rings. The van der Waals surface area contributed by atoms with Crippen molar-refractivity contribution in [2.75, 3.05) is 13.1 Å². The van der Waals surface area contributed by atoms with Crippen LogP contribution in [-0.4, -0.2) is 52.7 Å². The van der Waals surface area contributed by atoms with Crippen LogP contribution < -0.4 is 5.32 Å². The molecule has 21 heavy (non-hydrogen) atoms. The van der Waals surface area contributed by atoms with Gasteiger partial charge in [-0.05, 0) is 39.5 Å². The molecular weight excluding hydrogens is 276 g/mol. The summed E-state index contributed by atoms with van der Waals surface area (Å²) in [6.45, 7) is 7.57. The monoisotopic (exact) mass is 300 g/mol. The molecule has 7 heteroatoms. The molecule has 0 radical (unpaired) electrons. The van der Waals surface area contributed by atoms with E-state index in [2.05, 4.69) is 5.32 Å². The van der Waals surface area contributed by atoms with E-state index in [-0.39, 0.29) is 17.9 Å². The van der Waals surface area contributed by atoms with Gasteiger partial charge in [-0.2, -0.15) is 0 Å². The Morgan fingerprint density at radius 3 is 2.14 bits per heavy atom. The van der Waals surface area contributed by atoms with Crippen LogP contribution in [0.5, 0.6) is 0 Å². The highest BCUT2D eigenvalue weighted by Crippen LogP contribution is 2.22. The average molecular weight is 300 g/mol. The molecule has 0 aliphatic carbocycles. The standard InChI is InChI=1S/C14H24N2O5/c1-9(17)15-11(12(18)19)10-5-7-16(8-6-10)13(20)21-14(2,3)4/h10-11H,5-8H2,1-4H3,(H,15,17)(H,18,19)/t11-/m1/s1. The largest absolute Gasteiger partial charge is 0.480 e. The highest BCUT2D eigenvalue weighted by atomic mass is 16.6. The Bertz CT molecular complexity index is 408. The van der Waals surface area contributed by atoms with Crippen molar-refractivity contribution in [3.8, 4) is 0 Å². The average Bonchev–Trinajstić information content (AvgIpc) is 2.33. The van der Waals surface area contributed by atoms with Crippen LogP contribution in [0, 0.1) is 5.92 Å². The van der Waals surface area contributed by atoms with Crippen molar-refractivity contribution in [1.82, 2.24) is 10.2 Å². The molecule has 0 bridgehead atoms. The maximum atomic E-state index is 11.9. The maximum absolute atomic E-state index is 11.9. The fourth-order valence-corrected chi connectivity index (χ4v) is 2.34. The topological polar surface area (TPSA) is 95.9 Å². The number of hydrogen-bond acceptors (Lipinski definition) is 4. The Kier molecular flexibility index (Phi) is 5.57. The summed E-state index contributed by atoms with van der Waals surface area (Å²) in [7, 11) is 0. The molecule has 0 aromatic heterocycles. The summed E-state index contributed by atoms with van der Waals surface area (Å²) in [5.41, 5.74) is -0.548. The first kappa shape index (κ1) is 17.3. The molecule has 7 nitrogen and oxygen atoms in total. The van der Waals surface area contributed by atoms with Crippen molar-refractivity contribution in [2.24, 2.45) is 5.92 Å². The Balaban J connectivity index is 2.56. The maximum Gasteiger partial charge on any atom is 0.410 e. The highest BCUT2D eigenvalue weighted by molar-refractivity contribution is 5.82. The summed E-state index contributed by atoms with van der Waals surface area (Å²) in [4.78, 5) is 35.8. The predicted octanol–water partition coefficient (Wildman–Crippen LogP) is 1.22. The summed E-state index contributed by atoms with van der Waals surface area (Å²) in [6, 6.07) is -0.900. The molecule has 1 saturated heterocycles. The number of carboxylic acids is 1. The number of ether oxygens (including phenoxy) is 1. The first-order chi connectivity index (χ1) is 9.60. The lowest BCUT2D eigenvalue weighted by molar-refractivity contribution is -0.143. The van der Waals surface area contributed by atoms with Gasteiger partial charge >= 0.3 is 12.1 Å². The zero-order valence-electron chi connectivity index (χ0n) is 13.0. The van der Waals surface area contributed by atoms with Crippen LogP contribution >= 0.6 is 0 Å². The molecule has 1 fully saturated rings. The Morgan fingerprint density at radius 1 is 1.24 bits per heavy atom. The van der Waals surface area contributed by atoms with Crippen molar-refractivity contribution < 1.29 is 24.2 Å². The number of aliphatic carboxylic acids is 1. The first-order valence-corrected chi connectivity index (χ1v) is 7.08. The number of nitrogens with one attached hydrogen (secondary N) is 1. The zero-order chi connectivity index (χ0) is 16.2. The van der Waals surface area contributed by atoms with Gasteiger partial charge < -0.3 is 20.1 Å². The fourth-order valence-electron chi connectivity index (χ4n) is 2.34. The minimum Gasteiger partial charge on any atom is -0.480 e. The number of carboxylic acid groups (broad SMARTS) is 1. The number of carbonyl (C=O) groups is 3. The van der Waals surface area contributed by atoms with Gasteiger partial charge in [0, 0.05) is 20.0 Å². The third kappa shape index (κ3) is 5.61. The van der Waals surface area contributed by atoms with E-state index in [0.29, 0.717) is 25.9 Å². The van der Waals surface area contributed by atoms with Crippen LogP contribution in [0.3, 0.4) is 0 Å². The molecule has 0 saturated carbocycles. The molecule has 2 N–H and O–H groups in total. The minimum atomic E-state index is -1.04. The number of carbonyl (C=O) groups excluding carboxylic acids is 2. The van der Waals surface area contributed by atoms with Crippen molar-refractivity contribution >= 4 is 18.0 Å². The third-order valence-electron chi connectivity index (χ3n) is 3.29. The SMILES string of the molecule is CC(=O)N[C@@H](C(=O)O)C1CCN(C(=O)OC(C)(C)C)CC1. The van der Waals surface area contributed by atoms with Crippen molar-refractivity contribution in [3.05, 3.63) is 0 Å². The van der Waals surface area contributed by atoms with Gasteiger partial charge in [-0.25, -0.2) is 9.59 Å². The molecular formula is C14H24N2O5. The second kappa shape index (κ2) is 6.78. The summed E-state index contributed by atoms with van der Waals surface area (Å²) >= 11 is 0. The lowest BCUT2D eigenvalue weighted by Crippen LogP contribution is -2.50. The van der Waals surface area contributed by atoms with Crippen LogP contribution in [0.25, 0.3) is 0 Å². The van der Waals surface area contributed by atoms with Gasteiger partial charge in [0.05, 0.1) is 0 Å². The lowest BCUT2D eigenvalue weighted by Gasteiger charge is -2.35. The van der Waals surface area contributed by atoms with E-state index < -0.39 is 17.6 Å². The van der Waals surface area contributed by atoms with Gasteiger partial charge in [-0.1, -0.05) is 0 Å². The van der Waals surface area contributed by atoms with Gasteiger partial charge in [-0.3, -0.25) is 4.79 Å². The number of rotatable bonds is 3. The predicted molar refractivity (Wildman–Crippen MR) is 75.8 cm³/mol. The number of nitrogens with zero attached hydrogens (tertiary/aromatic N) is 1. The van der Waals surface area contributed by atoms with Crippen LogP contribution in [0.15, 0.2) is 0 Å². The van der Waals surface area contributed by atoms with E-state index in [4.69, 9.17) is 4.74 Å². The molecule has 1 aliphatic heterocycles. The van der Waals surface area contributed by atoms with E-state index in [0.717, 1.165) is 0 Å². The van der Waals surface area contributed by atoms with Crippen LogP contribution in [0.4, 0.5) is 4.79 Å². The Morgan fingerprint density at radius 2 is 1.76 bits per heavy atom. The van der Waals surface area contributed by atoms with E-state index in [1.807, 2.05) is 0 Å². The van der Waals surface area contributed by atoms with Crippen molar-refractivity contribution in [2.45, 2.75) is 52.2 Å². The summed E-state index contributed by atoms with van der Waals surface area (Å²) in [5, 5.41) is 11.6. The number of amides is 2. The normalized spacial score (nSPS) is 18.0. The van der Waals surface area contributed by atoms with E-state index >= 15 is 0 Å². The number of piperidine rings is 1. The minimum absolute atomic E-state index is 0.176. The van der Waals surface area contributed by atoms with E-state index in [9.17, 15) is 19.5 Å². The molecule has 1 heterocycles. The van der Waals surface area contributed by atoms with Crippen LogP contribution in [0.1, 0.15) is 40.5 Å². The van der Waals surface area contributed by atoms with Crippen LogP contribution in [-0.2, 0) is 14.3 Å². The third-order valence-corrected chi connectivity index (χ3v) is 3.29. The molecule has 2 amide bonds. The molecule has 1 atom stereocenters. The zero-order valence-corrected chi connectivity index (χ0v) is 13.0. The lowest BCUT2D eigenvalue weighted by atomic mass is 9.89. The Hall–Kier alpha value is -1.79. The van der Waals surface area contributed by atoms with Gasteiger partial charge in [0.25, 0.3) is 0 Å².